The van der Waals surface area contributed by atoms with Crippen LogP contribution < -0.4 is 10.4 Å². The molecule has 0 radical (unpaired) electrons. The summed E-state index contributed by atoms with van der Waals surface area (Å²) >= 11 is 7.96. The van der Waals surface area contributed by atoms with Crippen LogP contribution in [-0.2, 0) is 6.61 Å². The van der Waals surface area contributed by atoms with Crippen LogP contribution in [0.3, 0.4) is 0 Å². The van der Waals surface area contributed by atoms with Gasteiger partial charge in [0.15, 0.2) is 6.61 Å². The first-order valence-electron chi connectivity index (χ1n) is 8.99. The van der Waals surface area contributed by atoms with Crippen molar-refractivity contribution in [3.8, 4) is 27.6 Å². The first-order chi connectivity index (χ1) is 14.7. The number of ether oxygens (including phenoxy) is 1. The normalized spacial score (nSPS) is 11.1. The molecule has 2 aromatic carbocycles. The number of rotatable bonds is 5. The van der Waals surface area contributed by atoms with Gasteiger partial charge < -0.3 is 13.7 Å². The van der Waals surface area contributed by atoms with Crippen molar-refractivity contribution in [2.45, 2.75) is 6.61 Å². The molecule has 0 aliphatic rings. The smallest absolute Gasteiger partial charge is 0.336 e. The van der Waals surface area contributed by atoms with Gasteiger partial charge in [-0.2, -0.15) is 4.98 Å². The van der Waals surface area contributed by atoms with Crippen LogP contribution >= 0.6 is 22.9 Å². The third kappa shape index (κ3) is 3.60. The maximum atomic E-state index is 12.1. The molecule has 5 aromatic rings. The van der Waals surface area contributed by atoms with Gasteiger partial charge in [-0.15, -0.1) is 11.3 Å². The largest absolute Gasteiger partial charge is 0.482 e. The van der Waals surface area contributed by atoms with Crippen LogP contribution in [0.5, 0.6) is 5.75 Å². The van der Waals surface area contributed by atoms with Gasteiger partial charge in [0.25, 0.3) is 5.89 Å². The first-order valence-corrected chi connectivity index (χ1v) is 10.3. The molecule has 0 spiro atoms. The van der Waals surface area contributed by atoms with Crippen molar-refractivity contribution in [1.82, 2.24) is 10.1 Å². The highest BCUT2D eigenvalue weighted by atomic mass is 35.5. The first kappa shape index (κ1) is 18.6. The van der Waals surface area contributed by atoms with E-state index in [2.05, 4.69) is 10.1 Å². The number of aromatic nitrogens is 2. The SMILES string of the molecule is O=c1cc(-c2ccccc2)c2cc(Cl)c(OCc3nc(-c4cccs4)no3)cc2o1. The number of hydrogen-bond donors (Lipinski definition) is 0. The Labute approximate surface area is 179 Å². The van der Waals surface area contributed by atoms with Crippen LogP contribution in [0.15, 0.2) is 79.8 Å². The Morgan fingerprint density at radius 3 is 2.73 bits per heavy atom. The van der Waals surface area contributed by atoms with Crippen molar-refractivity contribution >= 4 is 33.9 Å². The van der Waals surface area contributed by atoms with Gasteiger partial charge in [-0.05, 0) is 28.6 Å². The molecule has 0 saturated heterocycles. The van der Waals surface area contributed by atoms with Crippen LogP contribution in [0, 0.1) is 0 Å². The predicted octanol–water partition coefficient (Wildman–Crippen LogP) is 5.80. The van der Waals surface area contributed by atoms with Crippen LogP contribution in [-0.4, -0.2) is 10.1 Å². The van der Waals surface area contributed by atoms with Gasteiger partial charge in [0.2, 0.25) is 5.82 Å². The third-order valence-electron chi connectivity index (χ3n) is 4.44. The van der Waals surface area contributed by atoms with E-state index in [0.717, 1.165) is 21.4 Å². The highest BCUT2D eigenvalue weighted by Gasteiger charge is 2.14. The monoisotopic (exact) mass is 436 g/mol. The average Bonchev–Trinajstić information content (AvgIpc) is 3.44. The van der Waals surface area contributed by atoms with Crippen molar-refractivity contribution in [1.29, 1.82) is 0 Å². The molecule has 6 nitrogen and oxygen atoms in total. The third-order valence-corrected chi connectivity index (χ3v) is 5.60. The van der Waals surface area contributed by atoms with Gasteiger partial charge in [0.1, 0.15) is 11.3 Å². The van der Waals surface area contributed by atoms with E-state index >= 15 is 0 Å². The summed E-state index contributed by atoms with van der Waals surface area (Å²) in [4.78, 5) is 17.3. The zero-order chi connectivity index (χ0) is 20.5. The van der Waals surface area contributed by atoms with Crippen LogP contribution in [0.25, 0.3) is 32.8 Å². The van der Waals surface area contributed by atoms with E-state index in [9.17, 15) is 4.79 Å². The Kier molecular flexibility index (Phi) is 4.82. The molecule has 0 N–H and O–H groups in total. The van der Waals surface area contributed by atoms with E-state index in [0.29, 0.717) is 28.1 Å². The minimum absolute atomic E-state index is 0.0339. The maximum absolute atomic E-state index is 12.1. The topological polar surface area (TPSA) is 78.4 Å². The van der Waals surface area contributed by atoms with E-state index in [1.165, 1.54) is 17.4 Å². The lowest BCUT2D eigenvalue weighted by Crippen LogP contribution is -2.00. The molecular formula is C22H13ClN2O4S. The minimum Gasteiger partial charge on any atom is -0.482 e. The number of hydrogen-bond acceptors (Lipinski definition) is 7. The van der Waals surface area contributed by atoms with Crippen molar-refractivity contribution in [2.24, 2.45) is 0 Å². The lowest BCUT2D eigenvalue weighted by Gasteiger charge is -2.10. The molecule has 148 valence electrons. The number of nitrogens with zero attached hydrogens (tertiary/aromatic N) is 2. The highest BCUT2D eigenvalue weighted by Crippen LogP contribution is 2.35. The Morgan fingerprint density at radius 2 is 1.93 bits per heavy atom. The summed E-state index contributed by atoms with van der Waals surface area (Å²) in [6.45, 7) is 0.0339. The minimum atomic E-state index is -0.452. The van der Waals surface area contributed by atoms with Gasteiger partial charge in [-0.3, -0.25) is 0 Å². The van der Waals surface area contributed by atoms with Gasteiger partial charge in [-0.1, -0.05) is 53.2 Å². The average molecular weight is 437 g/mol. The van der Waals surface area contributed by atoms with Crippen molar-refractivity contribution in [3.63, 3.8) is 0 Å². The highest BCUT2D eigenvalue weighted by molar-refractivity contribution is 7.13. The quantitative estimate of drug-likeness (QED) is 0.324. The summed E-state index contributed by atoms with van der Waals surface area (Å²) in [6, 6.07) is 18.2. The molecule has 30 heavy (non-hydrogen) atoms. The molecule has 0 fully saturated rings. The lowest BCUT2D eigenvalue weighted by molar-refractivity contribution is 0.243. The van der Waals surface area contributed by atoms with Crippen molar-refractivity contribution in [2.75, 3.05) is 0 Å². The van der Waals surface area contributed by atoms with E-state index < -0.39 is 5.63 Å². The van der Waals surface area contributed by atoms with Crippen LogP contribution in [0.4, 0.5) is 0 Å². The Bertz CT molecular complexity index is 1380. The maximum Gasteiger partial charge on any atom is 0.336 e. The molecule has 0 aliphatic carbocycles. The molecule has 0 bridgehead atoms. The summed E-state index contributed by atoms with van der Waals surface area (Å²) in [7, 11) is 0. The summed E-state index contributed by atoms with van der Waals surface area (Å²) < 4.78 is 16.4. The molecule has 0 saturated carbocycles. The Hall–Kier alpha value is -3.42. The van der Waals surface area contributed by atoms with Crippen molar-refractivity contribution < 1.29 is 13.7 Å². The second-order valence-electron chi connectivity index (χ2n) is 6.40. The number of halogens is 1. The molecule has 3 heterocycles. The second kappa shape index (κ2) is 7.78. The Balaban J connectivity index is 1.46. The van der Waals surface area contributed by atoms with Gasteiger partial charge in [0, 0.05) is 17.5 Å². The second-order valence-corrected chi connectivity index (χ2v) is 7.76. The fourth-order valence-corrected chi connectivity index (χ4v) is 3.96. The van der Waals surface area contributed by atoms with E-state index in [1.54, 1.807) is 12.1 Å². The molecule has 3 aromatic heterocycles. The van der Waals surface area contributed by atoms with Crippen LogP contribution in [0.2, 0.25) is 5.02 Å². The number of fused-ring (bicyclic) bond motifs is 1. The summed E-state index contributed by atoms with van der Waals surface area (Å²) in [6.07, 6.45) is 0. The zero-order valence-corrected chi connectivity index (χ0v) is 16.9. The predicted molar refractivity (Wildman–Crippen MR) is 115 cm³/mol. The fourth-order valence-electron chi connectivity index (χ4n) is 3.09. The van der Waals surface area contributed by atoms with Gasteiger partial charge in [-0.25, -0.2) is 4.79 Å². The summed E-state index contributed by atoms with van der Waals surface area (Å²) in [5, 5.41) is 6.99. The summed E-state index contributed by atoms with van der Waals surface area (Å²) in [5.41, 5.74) is 1.57. The zero-order valence-electron chi connectivity index (χ0n) is 15.4. The van der Waals surface area contributed by atoms with E-state index in [4.69, 9.17) is 25.3 Å². The molecule has 0 unspecified atom stereocenters. The molecule has 0 amide bonds. The fraction of sp³-hybridized carbons (Fsp3) is 0.0455. The molecule has 0 atom stereocenters. The number of thiophene rings is 1. The van der Waals surface area contributed by atoms with E-state index in [1.807, 2.05) is 47.8 Å². The van der Waals surface area contributed by atoms with Crippen LogP contribution in [0.1, 0.15) is 5.89 Å². The van der Waals surface area contributed by atoms with Crippen molar-refractivity contribution in [3.05, 3.63) is 87.4 Å². The Morgan fingerprint density at radius 1 is 1.07 bits per heavy atom. The van der Waals surface area contributed by atoms with E-state index in [-0.39, 0.29) is 6.61 Å². The standard InChI is InChI=1S/C22H13ClN2O4S/c23-16-9-15-14(13-5-2-1-3-6-13)10-21(26)28-17(15)11-18(16)27-12-20-24-22(25-29-20)19-7-4-8-30-19/h1-11H,12H2. The summed E-state index contributed by atoms with van der Waals surface area (Å²) in [5.74, 6) is 1.18. The number of benzene rings is 2. The molecule has 0 aliphatic heterocycles. The molecule has 8 heteroatoms. The molecule has 5 rings (SSSR count). The van der Waals surface area contributed by atoms with Gasteiger partial charge >= 0.3 is 5.63 Å². The lowest BCUT2D eigenvalue weighted by atomic mass is 10.0. The molecular weight excluding hydrogens is 424 g/mol. The van der Waals surface area contributed by atoms with Gasteiger partial charge in [0.05, 0.1) is 9.90 Å².